The number of hydrogen-bond acceptors (Lipinski definition) is 4. The summed E-state index contributed by atoms with van der Waals surface area (Å²) >= 11 is 0. The summed E-state index contributed by atoms with van der Waals surface area (Å²) in [6, 6.07) is 0. The molecule has 0 heterocycles. The van der Waals surface area contributed by atoms with Gasteiger partial charge in [-0.1, -0.05) is 48.8 Å². The topological polar surface area (TPSA) is 65.2 Å². The maximum absolute atomic E-state index is 9.31. The Kier molecular flexibility index (Phi) is 5.02. The van der Waals surface area contributed by atoms with Crippen molar-refractivity contribution in [3.8, 4) is 0 Å². The van der Waals surface area contributed by atoms with E-state index in [1.807, 2.05) is 0 Å². The van der Waals surface area contributed by atoms with Crippen LogP contribution in [-0.4, -0.2) is 21.8 Å². The zero-order chi connectivity index (χ0) is 12.8. The van der Waals surface area contributed by atoms with Gasteiger partial charge in [-0.05, 0) is 25.7 Å². The molecule has 0 aromatic rings. The van der Waals surface area contributed by atoms with E-state index >= 15 is 0 Å². The van der Waals surface area contributed by atoms with Crippen LogP contribution in [0.1, 0.15) is 64.2 Å². The van der Waals surface area contributed by atoms with Gasteiger partial charge in [-0.25, -0.2) is 0 Å². The minimum Gasteiger partial charge on any atom is -0.411 e. The van der Waals surface area contributed by atoms with Crippen LogP contribution in [0.2, 0.25) is 0 Å². The second-order valence-electron chi connectivity index (χ2n) is 5.64. The van der Waals surface area contributed by atoms with E-state index < -0.39 is 0 Å². The van der Waals surface area contributed by atoms with Crippen molar-refractivity contribution in [2.75, 3.05) is 0 Å². The van der Waals surface area contributed by atoms with Gasteiger partial charge < -0.3 is 10.4 Å². The number of hydrogen-bond donors (Lipinski definition) is 2. The summed E-state index contributed by atoms with van der Waals surface area (Å²) in [5.41, 5.74) is 1.31. The smallest absolute Gasteiger partial charge is 0.108 e. The highest BCUT2D eigenvalue weighted by molar-refractivity contribution is 6.43. The van der Waals surface area contributed by atoms with Crippen LogP contribution in [0.25, 0.3) is 0 Å². The molecule has 4 nitrogen and oxygen atoms in total. The lowest BCUT2D eigenvalue weighted by atomic mass is 9.78. The molecular weight excluding hydrogens is 228 g/mol. The average molecular weight is 252 g/mol. The van der Waals surface area contributed by atoms with E-state index in [4.69, 9.17) is 0 Å². The highest BCUT2D eigenvalue weighted by atomic mass is 16.4. The molecule has 4 heteroatoms. The van der Waals surface area contributed by atoms with Crippen molar-refractivity contribution in [3.63, 3.8) is 0 Å². The fourth-order valence-electron chi connectivity index (χ4n) is 3.44. The van der Waals surface area contributed by atoms with Gasteiger partial charge in [0.25, 0.3) is 0 Å². The summed E-state index contributed by atoms with van der Waals surface area (Å²) in [6.07, 6.45) is 11.5. The van der Waals surface area contributed by atoms with E-state index in [1.54, 1.807) is 0 Å². The molecule has 18 heavy (non-hydrogen) atoms. The highest BCUT2D eigenvalue weighted by Gasteiger charge is 2.30. The molecule has 2 fully saturated rings. The molecule has 2 N–H and O–H groups in total. The molecule has 2 aliphatic carbocycles. The zero-order valence-electron chi connectivity index (χ0n) is 11.0. The summed E-state index contributed by atoms with van der Waals surface area (Å²) in [6.45, 7) is 0. The van der Waals surface area contributed by atoms with Crippen LogP contribution in [0.4, 0.5) is 0 Å². The average Bonchev–Trinajstić information content (AvgIpc) is 2.46. The van der Waals surface area contributed by atoms with Gasteiger partial charge in [0, 0.05) is 11.8 Å². The third-order valence-electron chi connectivity index (χ3n) is 4.46. The van der Waals surface area contributed by atoms with Gasteiger partial charge in [0.2, 0.25) is 0 Å². The maximum Gasteiger partial charge on any atom is 0.108 e. The van der Waals surface area contributed by atoms with Gasteiger partial charge in [-0.2, -0.15) is 0 Å². The monoisotopic (exact) mass is 252 g/mol. The van der Waals surface area contributed by atoms with Crippen LogP contribution in [0.3, 0.4) is 0 Å². The maximum atomic E-state index is 9.31. The van der Waals surface area contributed by atoms with Crippen molar-refractivity contribution >= 4 is 11.4 Å². The fraction of sp³-hybridized carbons (Fsp3) is 0.857. The first-order chi connectivity index (χ1) is 8.86. The summed E-state index contributed by atoms with van der Waals surface area (Å²) in [5.74, 6) is 0.577. The number of oxime groups is 2. The lowest BCUT2D eigenvalue weighted by Crippen LogP contribution is -2.32. The number of nitrogens with zero attached hydrogens (tertiary/aromatic N) is 2. The first kappa shape index (κ1) is 13.4. The van der Waals surface area contributed by atoms with E-state index in [0.29, 0.717) is 11.4 Å². The molecule has 0 radical (unpaired) electrons. The molecule has 0 bridgehead atoms. The van der Waals surface area contributed by atoms with E-state index in [1.165, 1.54) is 38.5 Å². The molecule has 0 saturated heterocycles. The molecule has 0 aromatic heterocycles. The van der Waals surface area contributed by atoms with Gasteiger partial charge in [-0.15, -0.1) is 0 Å². The third-order valence-corrected chi connectivity index (χ3v) is 4.46. The standard InChI is InChI=1S/C14H24N2O2/c17-15-13(11-7-3-1-4-8-11)14(16-18)12-9-5-2-6-10-12/h11-12,17-18H,1-10H2. The summed E-state index contributed by atoms with van der Waals surface area (Å²) in [4.78, 5) is 0. The first-order valence-corrected chi connectivity index (χ1v) is 7.31. The van der Waals surface area contributed by atoms with Crippen molar-refractivity contribution in [2.45, 2.75) is 64.2 Å². The lowest BCUT2D eigenvalue weighted by molar-refractivity contribution is 0.301. The quantitative estimate of drug-likeness (QED) is 0.455. The second kappa shape index (κ2) is 6.76. The third kappa shape index (κ3) is 3.03. The van der Waals surface area contributed by atoms with Crippen molar-refractivity contribution < 1.29 is 10.4 Å². The van der Waals surface area contributed by atoms with Gasteiger partial charge in [-0.3, -0.25) is 0 Å². The normalized spacial score (nSPS) is 25.3. The van der Waals surface area contributed by atoms with Crippen LogP contribution in [0.15, 0.2) is 10.3 Å². The largest absolute Gasteiger partial charge is 0.411 e. The first-order valence-electron chi connectivity index (χ1n) is 7.31. The molecule has 0 unspecified atom stereocenters. The predicted molar refractivity (Wildman–Crippen MR) is 71.6 cm³/mol. The Morgan fingerprint density at radius 2 is 0.944 bits per heavy atom. The molecule has 0 aliphatic heterocycles. The molecule has 2 rings (SSSR count). The van der Waals surface area contributed by atoms with E-state index in [9.17, 15) is 10.4 Å². The summed E-state index contributed by atoms with van der Waals surface area (Å²) in [5, 5.41) is 25.6. The van der Waals surface area contributed by atoms with E-state index in [0.717, 1.165) is 25.7 Å². The van der Waals surface area contributed by atoms with Crippen LogP contribution in [0, 0.1) is 11.8 Å². The minimum atomic E-state index is 0.288. The molecule has 0 atom stereocenters. The molecule has 0 aromatic carbocycles. The fourth-order valence-corrected chi connectivity index (χ4v) is 3.44. The Balaban J connectivity index is 2.08. The van der Waals surface area contributed by atoms with Crippen LogP contribution < -0.4 is 0 Å². The van der Waals surface area contributed by atoms with Gasteiger partial charge in [0.1, 0.15) is 11.4 Å². The van der Waals surface area contributed by atoms with Crippen LogP contribution in [-0.2, 0) is 0 Å². The minimum absolute atomic E-state index is 0.288. The number of rotatable bonds is 3. The Labute approximate surface area is 109 Å². The molecule has 0 spiro atoms. The van der Waals surface area contributed by atoms with E-state index in [2.05, 4.69) is 10.3 Å². The molecular formula is C14H24N2O2. The van der Waals surface area contributed by atoms with Crippen molar-refractivity contribution in [2.24, 2.45) is 22.1 Å². The SMILES string of the molecule is ON=C(C(=NO)C1CCCCC1)C1CCCCC1. The summed E-state index contributed by atoms with van der Waals surface area (Å²) < 4.78 is 0. The Hall–Kier alpha value is -1.06. The Morgan fingerprint density at radius 1 is 0.611 bits per heavy atom. The van der Waals surface area contributed by atoms with Crippen molar-refractivity contribution in [3.05, 3.63) is 0 Å². The Morgan fingerprint density at radius 3 is 1.22 bits per heavy atom. The Bertz CT molecular complexity index is 282. The van der Waals surface area contributed by atoms with Crippen LogP contribution in [0.5, 0.6) is 0 Å². The molecule has 102 valence electrons. The highest BCUT2D eigenvalue weighted by Crippen LogP contribution is 2.30. The zero-order valence-corrected chi connectivity index (χ0v) is 11.0. The van der Waals surface area contributed by atoms with Gasteiger partial charge >= 0.3 is 0 Å². The second-order valence-corrected chi connectivity index (χ2v) is 5.64. The van der Waals surface area contributed by atoms with Gasteiger partial charge in [0.15, 0.2) is 0 Å². The van der Waals surface area contributed by atoms with Crippen molar-refractivity contribution in [1.29, 1.82) is 0 Å². The lowest BCUT2D eigenvalue weighted by Gasteiger charge is -2.27. The van der Waals surface area contributed by atoms with Crippen molar-refractivity contribution in [1.82, 2.24) is 0 Å². The van der Waals surface area contributed by atoms with Gasteiger partial charge in [0.05, 0.1) is 0 Å². The molecule has 0 amide bonds. The summed E-state index contributed by atoms with van der Waals surface area (Å²) in [7, 11) is 0. The van der Waals surface area contributed by atoms with E-state index in [-0.39, 0.29) is 11.8 Å². The predicted octanol–water partition coefficient (Wildman–Crippen LogP) is 3.81. The molecule has 2 aliphatic rings. The van der Waals surface area contributed by atoms with Crippen LogP contribution >= 0.6 is 0 Å². The molecule has 2 saturated carbocycles.